The fourth-order valence-corrected chi connectivity index (χ4v) is 6.00. The molecule has 0 spiro atoms. The summed E-state index contributed by atoms with van der Waals surface area (Å²) in [5.41, 5.74) is 1.17. The Kier molecular flexibility index (Phi) is 7.42. The van der Waals surface area contributed by atoms with Crippen LogP contribution in [0.1, 0.15) is 55.9 Å². The summed E-state index contributed by atoms with van der Waals surface area (Å²) in [7, 11) is 3.31. The number of rotatable bonds is 8. The number of nitrogens with zero attached hydrogens (tertiary/aromatic N) is 2. The average Bonchev–Trinajstić information content (AvgIpc) is 3.69. The molecule has 1 saturated heterocycles. The number of carbonyl (C=O) groups excluding carboxylic acids is 1. The van der Waals surface area contributed by atoms with Crippen molar-refractivity contribution in [1.29, 1.82) is 0 Å². The normalized spacial score (nSPS) is 26.7. The van der Waals surface area contributed by atoms with Gasteiger partial charge in [0.15, 0.2) is 6.23 Å². The Morgan fingerprint density at radius 2 is 1.60 bits per heavy atom. The summed E-state index contributed by atoms with van der Waals surface area (Å²) in [6, 6.07) is 18.6. The van der Waals surface area contributed by atoms with Gasteiger partial charge in [0.25, 0.3) is 0 Å². The number of esters is 1. The summed E-state index contributed by atoms with van der Waals surface area (Å²) in [4.78, 5) is 18.8. The Labute approximate surface area is 209 Å². The van der Waals surface area contributed by atoms with Gasteiger partial charge in [-0.05, 0) is 37.0 Å². The largest absolute Gasteiger partial charge is 0.497 e. The van der Waals surface area contributed by atoms with E-state index in [1.807, 2.05) is 42.5 Å². The first kappa shape index (κ1) is 24.3. The van der Waals surface area contributed by atoms with Crippen LogP contribution in [0.3, 0.4) is 0 Å². The Morgan fingerprint density at radius 1 is 0.914 bits per heavy atom. The molecule has 3 atom stereocenters. The molecule has 3 unspecified atom stereocenters. The van der Waals surface area contributed by atoms with Crippen LogP contribution in [-0.2, 0) is 19.7 Å². The SMILES string of the molecule is COc1ccc(C2(C(=O)OC(c3ccccc3)N3CCN(C4CCCCC4)CC3)CC2OC)cc1. The van der Waals surface area contributed by atoms with Crippen molar-refractivity contribution in [2.75, 3.05) is 40.4 Å². The van der Waals surface area contributed by atoms with Gasteiger partial charge in [-0.25, -0.2) is 0 Å². The molecule has 0 N–H and O–H groups in total. The Morgan fingerprint density at radius 3 is 2.20 bits per heavy atom. The molecule has 3 aliphatic rings. The van der Waals surface area contributed by atoms with Crippen molar-refractivity contribution in [2.24, 2.45) is 0 Å². The lowest BCUT2D eigenvalue weighted by Crippen LogP contribution is -2.52. The summed E-state index contributed by atoms with van der Waals surface area (Å²) >= 11 is 0. The highest BCUT2D eigenvalue weighted by Crippen LogP contribution is 2.52. The van der Waals surface area contributed by atoms with Crippen LogP contribution >= 0.6 is 0 Å². The second-order valence-corrected chi connectivity index (χ2v) is 10.2. The monoisotopic (exact) mass is 478 g/mol. The Hall–Kier alpha value is -2.41. The van der Waals surface area contributed by atoms with Gasteiger partial charge in [-0.2, -0.15) is 0 Å². The van der Waals surface area contributed by atoms with Crippen LogP contribution in [0, 0.1) is 0 Å². The molecule has 0 amide bonds. The zero-order chi connectivity index (χ0) is 24.3. The molecule has 2 aromatic carbocycles. The molecule has 2 aromatic rings. The molecule has 3 fully saturated rings. The van der Waals surface area contributed by atoms with Gasteiger partial charge in [-0.1, -0.05) is 61.7 Å². The van der Waals surface area contributed by atoms with Gasteiger partial charge < -0.3 is 14.2 Å². The van der Waals surface area contributed by atoms with Crippen molar-refractivity contribution < 1.29 is 19.0 Å². The third-order valence-corrected chi connectivity index (χ3v) is 8.23. The highest BCUT2D eigenvalue weighted by atomic mass is 16.6. The molecular formula is C29H38N2O4. The van der Waals surface area contributed by atoms with Crippen molar-refractivity contribution in [3.63, 3.8) is 0 Å². The molecule has 0 radical (unpaired) electrons. The molecule has 35 heavy (non-hydrogen) atoms. The van der Waals surface area contributed by atoms with E-state index in [4.69, 9.17) is 14.2 Å². The van der Waals surface area contributed by atoms with E-state index >= 15 is 0 Å². The number of hydrogen-bond donors (Lipinski definition) is 0. The lowest BCUT2D eigenvalue weighted by Gasteiger charge is -2.43. The van der Waals surface area contributed by atoms with Gasteiger partial charge in [0.2, 0.25) is 0 Å². The van der Waals surface area contributed by atoms with Crippen LogP contribution in [0.25, 0.3) is 0 Å². The molecule has 1 aliphatic heterocycles. The minimum absolute atomic E-state index is 0.178. The molecule has 6 heteroatoms. The van der Waals surface area contributed by atoms with Crippen molar-refractivity contribution in [3.05, 3.63) is 65.7 Å². The van der Waals surface area contributed by atoms with Crippen LogP contribution in [0.5, 0.6) is 5.75 Å². The van der Waals surface area contributed by atoms with Gasteiger partial charge in [0, 0.05) is 44.9 Å². The van der Waals surface area contributed by atoms with Crippen molar-refractivity contribution in [2.45, 2.75) is 62.3 Å². The van der Waals surface area contributed by atoms with Crippen molar-refractivity contribution in [1.82, 2.24) is 9.80 Å². The smallest absolute Gasteiger partial charge is 0.321 e. The first-order valence-electron chi connectivity index (χ1n) is 13.1. The summed E-state index contributed by atoms with van der Waals surface area (Å²) in [5.74, 6) is 0.558. The highest BCUT2D eigenvalue weighted by molar-refractivity contribution is 5.88. The maximum Gasteiger partial charge on any atom is 0.321 e. The van der Waals surface area contributed by atoms with E-state index < -0.39 is 11.6 Å². The number of piperazine rings is 1. The summed E-state index contributed by atoms with van der Waals surface area (Å²) < 4.78 is 17.4. The van der Waals surface area contributed by atoms with E-state index in [0.29, 0.717) is 6.42 Å². The predicted octanol–water partition coefficient (Wildman–Crippen LogP) is 4.54. The number of benzene rings is 2. The Balaban J connectivity index is 1.33. The van der Waals surface area contributed by atoms with Gasteiger partial charge in [-0.15, -0.1) is 0 Å². The maximum atomic E-state index is 13.8. The second kappa shape index (κ2) is 10.7. The maximum absolute atomic E-state index is 13.8. The molecule has 2 saturated carbocycles. The predicted molar refractivity (Wildman–Crippen MR) is 135 cm³/mol. The third-order valence-electron chi connectivity index (χ3n) is 8.23. The Bertz CT molecular complexity index is 968. The molecule has 0 aromatic heterocycles. The minimum atomic E-state index is -0.766. The van der Waals surface area contributed by atoms with Crippen LogP contribution in [0.2, 0.25) is 0 Å². The average molecular weight is 479 g/mol. The molecule has 5 rings (SSSR count). The van der Waals surface area contributed by atoms with Crippen LogP contribution in [-0.4, -0.2) is 68.3 Å². The lowest BCUT2D eigenvalue weighted by atomic mass is 9.93. The summed E-state index contributed by atoms with van der Waals surface area (Å²) in [5, 5.41) is 0. The number of hydrogen-bond acceptors (Lipinski definition) is 6. The van der Waals surface area contributed by atoms with E-state index in [1.54, 1.807) is 14.2 Å². The van der Waals surface area contributed by atoms with Crippen molar-refractivity contribution >= 4 is 5.97 Å². The minimum Gasteiger partial charge on any atom is -0.497 e. The first-order chi connectivity index (χ1) is 17.2. The molecule has 0 bridgehead atoms. The van der Waals surface area contributed by atoms with E-state index in [1.165, 1.54) is 32.1 Å². The molecule has 6 nitrogen and oxygen atoms in total. The van der Waals surface area contributed by atoms with Gasteiger partial charge in [-0.3, -0.25) is 14.6 Å². The van der Waals surface area contributed by atoms with Crippen molar-refractivity contribution in [3.8, 4) is 5.75 Å². The van der Waals surface area contributed by atoms with Crippen LogP contribution in [0.15, 0.2) is 54.6 Å². The fraction of sp³-hybridized carbons (Fsp3) is 0.552. The standard InChI is InChI=1S/C29H38N2O4/c1-33-25-15-13-23(14-16-25)29(21-26(29)34-2)28(32)35-27(22-9-5-3-6-10-22)31-19-17-30(18-20-31)24-11-7-4-8-12-24/h3,5-6,9-10,13-16,24,26-27H,4,7-8,11-12,17-21H2,1-2H3. The quantitative estimate of drug-likeness (QED) is 0.519. The van der Waals surface area contributed by atoms with E-state index in [0.717, 1.165) is 49.1 Å². The molecule has 188 valence electrons. The fourth-order valence-electron chi connectivity index (χ4n) is 6.00. The van der Waals surface area contributed by atoms with E-state index in [9.17, 15) is 4.79 Å². The second-order valence-electron chi connectivity index (χ2n) is 10.2. The third kappa shape index (κ3) is 4.97. The molecular weight excluding hydrogens is 440 g/mol. The number of carbonyl (C=O) groups is 1. The first-order valence-corrected chi connectivity index (χ1v) is 13.1. The van der Waals surface area contributed by atoms with E-state index in [2.05, 4.69) is 21.9 Å². The zero-order valence-corrected chi connectivity index (χ0v) is 21.0. The number of methoxy groups -OCH3 is 2. The molecule has 1 heterocycles. The highest BCUT2D eigenvalue weighted by Gasteiger charge is 2.64. The van der Waals surface area contributed by atoms with Crippen LogP contribution in [0.4, 0.5) is 0 Å². The molecule has 2 aliphatic carbocycles. The lowest BCUT2D eigenvalue weighted by molar-refractivity contribution is -0.167. The van der Waals surface area contributed by atoms with E-state index in [-0.39, 0.29) is 12.1 Å². The zero-order valence-electron chi connectivity index (χ0n) is 21.0. The van der Waals surface area contributed by atoms with Crippen LogP contribution < -0.4 is 4.74 Å². The van der Waals surface area contributed by atoms with Gasteiger partial charge in [0.05, 0.1) is 13.2 Å². The number of ether oxygens (including phenoxy) is 3. The summed E-state index contributed by atoms with van der Waals surface area (Å²) in [6.07, 6.45) is 6.77. The topological polar surface area (TPSA) is 51.2 Å². The van der Waals surface area contributed by atoms with Gasteiger partial charge in [0.1, 0.15) is 11.2 Å². The van der Waals surface area contributed by atoms with Gasteiger partial charge >= 0.3 is 5.97 Å². The summed E-state index contributed by atoms with van der Waals surface area (Å²) in [6.45, 7) is 3.84.